The Bertz CT molecular complexity index is 371. The van der Waals surface area contributed by atoms with Gasteiger partial charge in [0.2, 0.25) is 0 Å². The van der Waals surface area contributed by atoms with Crippen LogP contribution in [0.4, 0.5) is 0 Å². The first-order valence-corrected chi connectivity index (χ1v) is 5.15. The highest BCUT2D eigenvalue weighted by molar-refractivity contribution is 5.71. The molecular formula is C12H16O4. The van der Waals surface area contributed by atoms with Crippen molar-refractivity contribution in [2.24, 2.45) is 5.92 Å². The zero-order valence-electron chi connectivity index (χ0n) is 9.43. The molecule has 2 N–H and O–H groups in total. The fourth-order valence-corrected chi connectivity index (χ4v) is 1.21. The Morgan fingerprint density at radius 2 is 2.12 bits per heavy atom. The Morgan fingerprint density at radius 1 is 1.44 bits per heavy atom. The summed E-state index contributed by atoms with van der Waals surface area (Å²) in [5.41, 5.74) is 0.393. The molecule has 1 aromatic rings. The Labute approximate surface area is 94.5 Å². The van der Waals surface area contributed by atoms with E-state index in [0.29, 0.717) is 23.8 Å². The van der Waals surface area contributed by atoms with Gasteiger partial charge in [-0.2, -0.15) is 0 Å². The van der Waals surface area contributed by atoms with Crippen LogP contribution in [0.1, 0.15) is 19.4 Å². The van der Waals surface area contributed by atoms with Crippen LogP contribution in [0, 0.1) is 5.92 Å². The highest BCUT2D eigenvalue weighted by Crippen LogP contribution is 2.24. The van der Waals surface area contributed by atoms with E-state index >= 15 is 0 Å². The van der Waals surface area contributed by atoms with Crippen molar-refractivity contribution < 1.29 is 19.7 Å². The van der Waals surface area contributed by atoms with Gasteiger partial charge >= 0.3 is 5.97 Å². The molecule has 0 aliphatic heterocycles. The number of rotatable bonds is 5. The van der Waals surface area contributed by atoms with E-state index in [4.69, 9.17) is 9.84 Å². The largest absolute Gasteiger partial charge is 0.508 e. The van der Waals surface area contributed by atoms with Gasteiger partial charge in [0.15, 0.2) is 0 Å². The first kappa shape index (κ1) is 12.4. The molecule has 0 spiro atoms. The van der Waals surface area contributed by atoms with Crippen LogP contribution >= 0.6 is 0 Å². The fraction of sp³-hybridized carbons (Fsp3) is 0.417. The molecule has 0 saturated carbocycles. The predicted molar refractivity (Wildman–Crippen MR) is 59.8 cm³/mol. The maximum Gasteiger partial charge on any atom is 0.307 e. The van der Waals surface area contributed by atoms with Crippen molar-refractivity contribution in [3.05, 3.63) is 23.8 Å². The number of aromatic hydroxyl groups is 1. The van der Waals surface area contributed by atoms with Crippen molar-refractivity contribution in [1.82, 2.24) is 0 Å². The lowest BCUT2D eigenvalue weighted by atomic mass is 10.1. The number of benzene rings is 1. The third kappa shape index (κ3) is 3.81. The molecule has 0 heterocycles. The van der Waals surface area contributed by atoms with Crippen LogP contribution in [0.5, 0.6) is 11.5 Å². The molecule has 0 atom stereocenters. The summed E-state index contributed by atoms with van der Waals surface area (Å²) in [6.07, 6.45) is -0.184. The average Bonchev–Trinajstić information content (AvgIpc) is 2.18. The SMILES string of the molecule is CC(C)COc1ccc(CC(=O)O)c(O)c1. The summed E-state index contributed by atoms with van der Waals surface area (Å²) in [7, 11) is 0. The molecule has 0 saturated heterocycles. The van der Waals surface area contributed by atoms with Crippen molar-refractivity contribution in [2.75, 3.05) is 6.61 Å². The lowest BCUT2D eigenvalue weighted by Gasteiger charge is -2.10. The van der Waals surface area contributed by atoms with Gasteiger partial charge in [-0.1, -0.05) is 19.9 Å². The van der Waals surface area contributed by atoms with Crippen LogP contribution < -0.4 is 4.74 Å². The first-order chi connectivity index (χ1) is 7.49. The van der Waals surface area contributed by atoms with Crippen LogP contribution in [0.15, 0.2) is 18.2 Å². The van der Waals surface area contributed by atoms with Crippen molar-refractivity contribution in [2.45, 2.75) is 20.3 Å². The number of phenolic OH excluding ortho intramolecular Hbond substituents is 1. The molecule has 1 aromatic carbocycles. The molecule has 0 amide bonds. The summed E-state index contributed by atoms with van der Waals surface area (Å²) in [5, 5.41) is 18.2. The molecule has 0 aliphatic rings. The second-order valence-electron chi connectivity index (χ2n) is 4.07. The molecule has 0 aliphatic carbocycles. The van der Waals surface area contributed by atoms with Crippen molar-refractivity contribution >= 4 is 5.97 Å². The maximum atomic E-state index is 10.5. The Hall–Kier alpha value is -1.71. The summed E-state index contributed by atoms with van der Waals surface area (Å²) >= 11 is 0. The molecule has 16 heavy (non-hydrogen) atoms. The number of hydrogen-bond donors (Lipinski definition) is 2. The molecule has 0 aromatic heterocycles. The van der Waals surface area contributed by atoms with E-state index in [1.165, 1.54) is 6.07 Å². The Balaban J connectivity index is 2.70. The molecule has 4 nitrogen and oxygen atoms in total. The predicted octanol–water partition coefficient (Wildman–Crippen LogP) is 2.05. The van der Waals surface area contributed by atoms with Gasteiger partial charge in [0.1, 0.15) is 11.5 Å². The number of carbonyl (C=O) groups is 1. The molecule has 0 radical (unpaired) electrons. The smallest absolute Gasteiger partial charge is 0.307 e. The average molecular weight is 224 g/mol. The van der Waals surface area contributed by atoms with Crippen LogP contribution in [0.3, 0.4) is 0 Å². The summed E-state index contributed by atoms with van der Waals surface area (Å²) in [5.74, 6) is -0.0454. The maximum absolute atomic E-state index is 10.5. The minimum atomic E-state index is -0.967. The fourth-order valence-electron chi connectivity index (χ4n) is 1.21. The van der Waals surface area contributed by atoms with E-state index in [2.05, 4.69) is 0 Å². The number of aliphatic carboxylic acids is 1. The number of hydrogen-bond acceptors (Lipinski definition) is 3. The summed E-state index contributed by atoms with van der Waals surface area (Å²) in [6.45, 7) is 4.62. The lowest BCUT2D eigenvalue weighted by Crippen LogP contribution is -2.05. The second-order valence-corrected chi connectivity index (χ2v) is 4.07. The highest BCUT2D eigenvalue weighted by Gasteiger charge is 2.07. The molecule has 4 heteroatoms. The first-order valence-electron chi connectivity index (χ1n) is 5.15. The van der Waals surface area contributed by atoms with Crippen LogP contribution in [-0.2, 0) is 11.2 Å². The van der Waals surface area contributed by atoms with Gasteiger partial charge in [0, 0.05) is 11.6 Å². The topological polar surface area (TPSA) is 66.8 Å². The lowest BCUT2D eigenvalue weighted by molar-refractivity contribution is -0.136. The summed E-state index contributed by atoms with van der Waals surface area (Å²) in [4.78, 5) is 10.5. The molecule has 0 unspecified atom stereocenters. The van der Waals surface area contributed by atoms with E-state index in [1.54, 1.807) is 12.1 Å². The van der Waals surface area contributed by atoms with Gasteiger partial charge in [-0.3, -0.25) is 4.79 Å². The van der Waals surface area contributed by atoms with Gasteiger partial charge in [0.05, 0.1) is 13.0 Å². The van der Waals surface area contributed by atoms with Crippen molar-refractivity contribution in [1.29, 1.82) is 0 Å². The van der Waals surface area contributed by atoms with Crippen LogP contribution in [-0.4, -0.2) is 22.8 Å². The molecule has 1 rings (SSSR count). The minimum Gasteiger partial charge on any atom is -0.508 e. The Morgan fingerprint density at radius 3 is 2.62 bits per heavy atom. The second kappa shape index (κ2) is 5.39. The minimum absolute atomic E-state index is 0.0383. The number of carboxylic acid groups (broad SMARTS) is 1. The zero-order valence-corrected chi connectivity index (χ0v) is 9.43. The highest BCUT2D eigenvalue weighted by atomic mass is 16.5. The van der Waals surface area contributed by atoms with Crippen LogP contribution in [0.25, 0.3) is 0 Å². The number of phenols is 1. The van der Waals surface area contributed by atoms with Gasteiger partial charge in [0.25, 0.3) is 0 Å². The summed E-state index contributed by atoms with van der Waals surface area (Å²) < 4.78 is 5.40. The summed E-state index contributed by atoms with van der Waals surface area (Å²) in [6, 6.07) is 4.68. The van der Waals surface area contributed by atoms with Crippen molar-refractivity contribution in [3.63, 3.8) is 0 Å². The van der Waals surface area contributed by atoms with Crippen LogP contribution in [0.2, 0.25) is 0 Å². The molecule has 0 fully saturated rings. The zero-order chi connectivity index (χ0) is 12.1. The van der Waals surface area contributed by atoms with E-state index in [9.17, 15) is 9.90 Å². The Kier molecular flexibility index (Phi) is 4.17. The van der Waals surface area contributed by atoms with E-state index in [1.807, 2.05) is 13.8 Å². The van der Waals surface area contributed by atoms with E-state index in [0.717, 1.165) is 0 Å². The van der Waals surface area contributed by atoms with E-state index < -0.39 is 5.97 Å². The van der Waals surface area contributed by atoms with Gasteiger partial charge in [-0.05, 0) is 12.0 Å². The molecule has 0 bridgehead atoms. The molecule has 88 valence electrons. The normalized spacial score (nSPS) is 10.4. The van der Waals surface area contributed by atoms with Gasteiger partial charge in [-0.15, -0.1) is 0 Å². The standard InChI is InChI=1S/C12H16O4/c1-8(2)7-16-10-4-3-9(5-12(14)15)11(13)6-10/h3-4,6,8,13H,5,7H2,1-2H3,(H,14,15). The third-order valence-electron chi connectivity index (χ3n) is 1.98. The monoisotopic (exact) mass is 224 g/mol. The molecular weight excluding hydrogens is 208 g/mol. The quantitative estimate of drug-likeness (QED) is 0.803. The van der Waals surface area contributed by atoms with Gasteiger partial charge in [-0.25, -0.2) is 0 Å². The van der Waals surface area contributed by atoms with E-state index in [-0.39, 0.29) is 12.2 Å². The number of ether oxygens (including phenoxy) is 1. The number of carboxylic acids is 1. The van der Waals surface area contributed by atoms with Gasteiger partial charge < -0.3 is 14.9 Å². The third-order valence-corrected chi connectivity index (χ3v) is 1.98. The van der Waals surface area contributed by atoms with Crippen molar-refractivity contribution in [3.8, 4) is 11.5 Å².